The minimum absolute atomic E-state index is 0.250. The quantitative estimate of drug-likeness (QED) is 0.730. The molecule has 0 amide bonds. The number of nitrogens with two attached hydrogens (primary N) is 1. The van der Waals surface area contributed by atoms with Gasteiger partial charge in [-0.15, -0.1) is 10.2 Å². The zero-order valence-electron chi connectivity index (χ0n) is 8.43. The summed E-state index contributed by atoms with van der Waals surface area (Å²) >= 11 is 0. The van der Waals surface area contributed by atoms with Crippen LogP contribution in [0.5, 0.6) is 0 Å². The third kappa shape index (κ3) is 1.93. The molecule has 2 N–H and O–H groups in total. The van der Waals surface area contributed by atoms with Crippen molar-refractivity contribution < 1.29 is 8.42 Å². The van der Waals surface area contributed by atoms with Crippen LogP contribution in [0.4, 0.5) is 0 Å². The molecule has 0 aromatic carbocycles. The summed E-state index contributed by atoms with van der Waals surface area (Å²) in [5, 5.41) is 6.95. The van der Waals surface area contributed by atoms with Crippen molar-refractivity contribution in [3.8, 4) is 0 Å². The number of sulfone groups is 1. The molecule has 1 aromatic heterocycles. The first-order chi connectivity index (χ1) is 6.38. The van der Waals surface area contributed by atoms with Gasteiger partial charge >= 0.3 is 0 Å². The Balaban J connectivity index is 3.15. The van der Waals surface area contributed by atoms with Crippen molar-refractivity contribution in [1.82, 2.24) is 14.8 Å². The highest BCUT2D eigenvalue weighted by molar-refractivity contribution is 7.90. The Hall–Kier alpha value is -0.950. The van der Waals surface area contributed by atoms with Gasteiger partial charge in [-0.3, -0.25) is 0 Å². The molecule has 0 bridgehead atoms. The van der Waals surface area contributed by atoms with Gasteiger partial charge in [0.2, 0.25) is 0 Å². The Bertz CT molecular complexity index is 423. The molecular formula is C7H14N4O2S. The zero-order chi connectivity index (χ0) is 10.9. The molecule has 6 nitrogen and oxygen atoms in total. The fraction of sp³-hybridized carbons (Fsp3) is 0.714. The minimum atomic E-state index is -3.14. The lowest BCUT2D eigenvalue weighted by atomic mass is 10.4. The molecule has 0 fully saturated rings. The molecule has 0 saturated carbocycles. The van der Waals surface area contributed by atoms with Gasteiger partial charge in [-0.05, 0) is 6.92 Å². The monoisotopic (exact) mass is 218 g/mol. The van der Waals surface area contributed by atoms with Crippen molar-refractivity contribution in [1.29, 1.82) is 0 Å². The number of hydrogen-bond acceptors (Lipinski definition) is 5. The van der Waals surface area contributed by atoms with E-state index in [0.29, 0.717) is 11.6 Å². The zero-order valence-corrected chi connectivity index (χ0v) is 9.24. The Morgan fingerprint density at radius 2 is 2.07 bits per heavy atom. The lowest BCUT2D eigenvalue weighted by Gasteiger charge is -2.08. The molecule has 0 spiro atoms. The van der Waals surface area contributed by atoms with Crippen LogP contribution in [0.3, 0.4) is 0 Å². The molecule has 0 saturated heterocycles. The highest BCUT2D eigenvalue weighted by Gasteiger charge is 2.23. The van der Waals surface area contributed by atoms with Gasteiger partial charge in [0.25, 0.3) is 0 Å². The van der Waals surface area contributed by atoms with E-state index in [9.17, 15) is 8.42 Å². The standard InChI is InChI=1S/C7H14N4O2S/c1-5(14(3,12)13)7-10-9-6(4-8)11(7)2/h5H,4,8H2,1-3H3. The number of hydrogen-bond donors (Lipinski definition) is 1. The maximum atomic E-state index is 11.3. The van der Waals surface area contributed by atoms with E-state index in [-0.39, 0.29) is 6.54 Å². The van der Waals surface area contributed by atoms with Crippen LogP contribution in [-0.4, -0.2) is 29.4 Å². The van der Waals surface area contributed by atoms with E-state index in [4.69, 9.17) is 5.73 Å². The van der Waals surface area contributed by atoms with Gasteiger partial charge in [0.05, 0.1) is 6.54 Å². The smallest absolute Gasteiger partial charge is 0.157 e. The van der Waals surface area contributed by atoms with Gasteiger partial charge in [0, 0.05) is 13.3 Å². The number of aromatic nitrogens is 3. The maximum absolute atomic E-state index is 11.3. The molecule has 0 aliphatic rings. The van der Waals surface area contributed by atoms with E-state index < -0.39 is 15.1 Å². The minimum Gasteiger partial charge on any atom is -0.324 e. The van der Waals surface area contributed by atoms with Gasteiger partial charge in [0.15, 0.2) is 15.7 Å². The second-order valence-electron chi connectivity index (χ2n) is 3.21. The number of nitrogens with zero attached hydrogens (tertiary/aromatic N) is 3. The first kappa shape index (κ1) is 11.1. The Kier molecular flexibility index (Phi) is 2.91. The molecule has 1 rings (SSSR count). The van der Waals surface area contributed by atoms with Crippen LogP contribution in [-0.2, 0) is 23.4 Å². The first-order valence-electron chi connectivity index (χ1n) is 4.15. The van der Waals surface area contributed by atoms with Crippen LogP contribution in [0.25, 0.3) is 0 Å². The van der Waals surface area contributed by atoms with Crippen LogP contribution in [0.2, 0.25) is 0 Å². The summed E-state index contributed by atoms with van der Waals surface area (Å²) in [4.78, 5) is 0. The van der Waals surface area contributed by atoms with Crippen molar-refractivity contribution >= 4 is 9.84 Å². The van der Waals surface area contributed by atoms with Crippen LogP contribution >= 0.6 is 0 Å². The van der Waals surface area contributed by atoms with E-state index in [1.54, 1.807) is 18.5 Å². The van der Waals surface area contributed by atoms with E-state index in [1.807, 2.05) is 0 Å². The van der Waals surface area contributed by atoms with Gasteiger partial charge in [-0.2, -0.15) is 0 Å². The SMILES string of the molecule is CC(c1nnc(CN)n1C)S(C)(=O)=O. The topological polar surface area (TPSA) is 90.9 Å². The molecule has 80 valence electrons. The van der Waals surface area contributed by atoms with Gasteiger partial charge in [-0.25, -0.2) is 8.42 Å². The number of rotatable bonds is 3. The molecule has 1 atom stereocenters. The largest absolute Gasteiger partial charge is 0.324 e. The Morgan fingerprint density at radius 3 is 2.43 bits per heavy atom. The van der Waals surface area contributed by atoms with Gasteiger partial charge in [-0.1, -0.05) is 0 Å². The normalized spacial score (nSPS) is 14.3. The fourth-order valence-corrected chi connectivity index (χ4v) is 1.69. The highest BCUT2D eigenvalue weighted by Crippen LogP contribution is 2.18. The summed E-state index contributed by atoms with van der Waals surface area (Å²) in [6.07, 6.45) is 1.18. The molecule has 7 heteroatoms. The van der Waals surface area contributed by atoms with Crippen molar-refractivity contribution in [2.75, 3.05) is 6.26 Å². The first-order valence-corrected chi connectivity index (χ1v) is 6.10. The van der Waals surface area contributed by atoms with E-state index >= 15 is 0 Å². The molecule has 1 aromatic rings. The van der Waals surface area contributed by atoms with Crippen LogP contribution in [0.15, 0.2) is 0 Å². The molecule has 14 heavy (non-hydrogen) atoms. The average Bonchev–Trinajstić information content (AvgIpc) is 2.43. The van der Waals surface area contributed by atoms with Crippen molar-refractivity contribution in [2.45, 2.75) is 18.7 Å². The van der Waals surface area contributed by atoms with E-state index in [1.165, 1.54) is 6.26 Å². The highest BCUT2D eigenvalue weighted by atomic mass is 32.2. The van der Waals surface area contributed by atoms with Crippen LogP contribution < -0.4 is 5.73 Å². The summed E-state index contributed by atoms with van der Waals surface area (Å²) < 4.78 is 24.2. The predicted molar refractivity (Wildman–Crippen MR) is 52.2 cm³/mol. The lowest BCUT2D eigenvalue weighted by Crippen LogP contribution is -2.14. The summed E-state index contributed by atoms with van der Waals surface area (Å²) in [5.41, 5.74) is 5.40. The van der Waals surface area contributed by atoms with Crippen molar-refractivity contribution in [3.63, 3.8) is 0 Å². The lowest BCUT2D eigenvalue weighted by molar-refractivity contribution is 0.585. The predicted octanol–water partition coefficient (Wildman–Crippen LogP) is -0.621. The van der Waals surface area contributed by atoms with Crippen molar-refractivity contribution in [3.05, 3.63) is 11.6 Å². The molecule has 1 heterocycles. The van der Waals surface area contributed by atoms with E-state index in [2.05, 4.69) is 10.2 Å². The Morgan fingerprint density at radius 1 is 1.50 bits per heavy atom. The summed E-state index contributed by atoms with van der Waals surface area (Å²) in [6.45, 7) is 1.83. The molecular weight excluding hydrogens is 204 g/mol. The van der Waals surface area contributed by atoms with Gasteiger partial charge < -0.3 is 10.3 Å². The van der Waals surface area contributed by atoms with Crippen LogP contribution in [0.1, 0.15) is 23.8 Å². The maximum Gasteiger partial charge on any atom is 0.157 e. The third-order valence-corrected chi connectivity index (χ3v) is 3.68. The molecule has 0 radical (unpaired) electrons. The van der Waals surface area contributed by atoms with Gasteiger partial charge in [0.1, 0.15) is 11.1 Å². The second kappa shape index (κ2) is 3.66. The third-order valence-electron chi connectivity index (χ3n) is 2.19. The molecule has 0 aliphatic carbocycles. The summed E-state index contributed by atoms with van der Waals surface area (Å²) in [6, 6.07) is 0. The van der Waals surface area contributed by atoms with E-state index in [0.717, 1.165) is 0 Å². The molecule has 0 aliphatic heterocycles. The fourth-order valence-electron chi connectivity index (χ4n) is 1.10. The summed E-state index contributed by atoms with van der Waals surface area (Å²) in [7, 11) is -1.43. The summed E-state index contributed by atoms with van der Waals surface area (Å²) in [5.74, 6) is 1.00. The molecule has 1 unspecified atom stereocenters. The Labute approximate surface area is 83.0 Å². The average molecular weight is 218 g/mol. The van der Waals surface area contributed by atoms with Crippen LogP contribution in [0, 0.1) is 0 Å². The second-order valence-corrected chi connectivity index (χ2v) is 5.58. The van der Waals surface area contributed by atoms with Crippen molar-refractivity contribution in [2.24, 2.45) is 12.8 Å².